The molecule has 0 amide bonds. The second kappa shape index (κ2) is 12.0. The van der Waals surface area contributed by atoms with Crippen LogP contribution in [-0.2, 0) is 31.6 Å². The van der Waals surface area contributed by atoms with E-state index in [2.05, 4.69) is 5.32 Å². The third kappa shape index (κ3) is 7.69. The van der Waals surface area contributed by atoms with E-state index >= 15 is 0 Å². The number of benzene rings is 2. The first-order valence-electron chi connectivity index (χ1n) is 10.3. The van der Waals surface area contributed by atoms with Gasteiger partial charge in [0.1, 0.15) is 11.8 Å². The lowest BCUT2D eigenvalue weighted by Gasteiger charge is -2.30. The van der Waals surface area contributed by atoms with E-state index in [0.29, 0.717) is 12.8 Å². The van der Waals surface area contributed by atoms with E-state index in [9.17, 15) is 14.5 Å². The van der Waals surface area contributed by atoms with Crippen LogP contribution < -0.4 is 5.32 Å². The van der Waals surface area contributed by atoms with Crippen molar-refractivity contribution in [2.24, 2.45) is 5.92 Å². The van der Waals surface area contributed by atoms with Crippen molar-refractivity contribution in [3.8, 4) is 0 Å². The van der Waals surface area contributed by atoms with E-state index in [-0.39, 0.29) is 19.1 Å². The number of aliphatic carboxylic acids is 1. The van der Waals surface area contributed by atoms with Gasteiger partial charge in [0, 0.05) is 0 Å². The summed E-state index contributed by atoms with van der Waals surface area (Å²) in [5, 5.41) is 12.6. The second-order valence-corrected chi connectivity index (χ2v) is 9.89. The molecule has 0 aliphatic heterocycles. The lowest BCUT2D eigenvalue weighted by molar-refractivity contribution is -0.140. The molecule has 2 atom stereocenters. The Morgan fingerprint density at radius 3 is 1.80 bits per heavy atom. The fourth-order valence-corrected chi connectivity index (χ4v) is 4.97. The molecule has 6 nitrogen and oxygen atoms in total. The van der Waals surface area contributed by atoms with Crippen molar-refractivity contribution >= 4 is 13.6 Å². The third-order valence-corrected chi connectivity index (χ3v) is 6.93. The molecule has 0 fully saturated rings. The number of nitrogens with one attached hydrogen (secondary N) is 1. The predicted octanol–water partition coefficient (Wildman–Crippen LogP) is 5.44. The van der Waals surface area contributed by atoms with Gasteiger partial charge in [-0.05, 0) is 29.9 Å². The summed E-state index contributed by atoms with van der Waals surface area (Å²) in [7, 11) is -3.67. The summed E-state index contributed by atoms with van der Waals surface area (Å²) >= 11 is 0. The number of hydrogen-bond donors (Lipinski definition) is 2. The van der Waals surface area contributed by atoms with Crippen molar-refractivity contribution in [1.29, 1.82) is 0 Å². The minimum atomic E-state index is -3.67. The summed E-state index contributed by atoms with van der Waals surface area (Å²) in [4.78, 5) is 11.7. The van der Waals surface area contributed by atoms with Gasteiger partial charge in [0.25, 0.3) is 0 Å². The maximum absolute atomic E-state index is 13.8. The summed E-state index contributed by atoms with van der Waals surface area (Å²) in [6.07, 6.45) is 0.825. The minimum absolute atomic E-state index is 0.118. The molecule has 0 saturated heterocycles. The van der Waals surface area contributed by atoms with E-state index < -0.39 is 25.4 Å². The van der Waals surface area contributed by atoms with Crippen LogP contribution in [0.25, 0.3) is 0 Å². The maximum atomic E-state index is 13.8. The number of rotatable bonds is 13. The van der Waals surface area contributed by atoms with Crippen LogP contribution in [-0.4, -0.2) is 22.9 Å². The first-order valence-corrected chi connectivity index (χ1v) is 11.9. The molecule has 0 bridgehead atoms. The molecule has 0 aliphatic carbocycles. The number of hydrogen-bond acceptors (Lipinski definition) is 5. The van der Waals surface area contributed by atoms with Gasteiger partial charge in [-0.25, -0.2) is 0 Å². The quantitative estimate of drug-likeness (QED) is 0.409. The van der Waals surface area contributed by atoms with Gasteiger partial charge in [0.15, 0.2) is 0 Å². The second-order valence-electron chi connectivity index (χ2n) is 7.67. The van der Waals surface area contributed by atoms with Crippen molar-refractivity contribution in [3.05, 3.63) is 71.8 Å². The molecule has 164 valence electrons. The Kier molecular flexibility index (Phi) is 9.73. The zero-order valence-electron chi connectivity index (χ0n) is 17.9. The van der Waals surface area contributed by atoms with Crippen LogP contribution in [0, 0.1) is 5.92 Å². The molecule has 30 heavy (non-hydrogen) atoms. The summed E-state index contributed by atoms with van der Waals surface area (Å²) in [5.74, 6) is -1.53. The molecule has 0 heterocycles. The van der Waals surface area contributed by atoms with E-state index in [1.165, 1.54) is 0 Å². The van der Waals surface area contributed by atoms with E-state index in [1.54, 1.807) is 0 Å². The van der Waals surface area contributed by atoms with Crippen LogP contribution >= 0.6 is 7.60 Å². The fraction of sp³-hybridized carbons (Fsp3) is 0.435. The van der Waals surface area contributed by atoms with Gasteiger partial charge in [-0.1, -0.05) is 81.4 Å². The molecule has 0 unspecified atom stereocenters. The molecule has 7 heteroatoms. The monoisotopic (exact) mass is 433 g/mol. The zero-order chi connectivity index (χ0) is 22.0. The summed E-state index contributed by atoms with van der Waals surface area (Å²) in [5.41, 5.74) is 1.74. The van der Waals surface area contributed by atoms with Crippen LogP contribution in [0.3, 0.4) is 0 Å². The predicted molar refractivity (Wildman–Crippen MR) is 118 cm³/mol. The van der Waals surface area contributed by atoms with Crippen LogP contribution in [0.15, 0.2) is 60.7 Å². The van der Waals surface area contributed by atoms with Gasteiger partial charge in [0.2, 0.25) is 0 Å². The van der Waals surface area contributed by atoms with Gasteiger partial charge in [0.05, 0.1) is 13.2 Å². The number of carboxylic acid groups (broad SMARTS) is 1. The van der Waals surface area contributed by atoms with Gasteiger partial charge < -0.3 is 14.2 Å². The van der Waals surface area contributed by atoms with Crippen LogP contribution in [0.5, 0.6) is 0 Å². The van der Waals surface area contributed by atoms with Gasteiger partial charge >= 0.3 is 13.6 Å². The maximum Gasteiger partial charge on any atom is 0.348 e. The van der Waals surface area contributed by atoms with Gasteiger partial charge in [-0.3, -0.25) is 14.7 Å². The van der Waals surface area contributed by atoms with Crippen LogP contribution in [0.2, 0.25) is 0 Å². The lowest BCUT2D eigenvalue weighted by Crippen LogP contribution is -2.44. The van der Waals surface area contributed by atoms with Crippen molar-refractivity contribution in [3.63, 3.8) is 0 Å². The highest BCUT2D eigenvalue weighted by molar-refractivity contribution is 7.54. The molecule has 2 N–H and O–H groups in total. The molecule has 0 aliphatic rings. The first-order chi connectivity index (χ1) is 14.3. The molecule has 2 rings (SSSR count). The van der Waals surface area contributed by atoms with E-state index in [0.717, 1.165) is 11.1 Å². The average Bonchev–Trinajstić information content (AvgIpc) is 2.75. The third-order valence-electron chi connectivity index (χ3n) is 4.68. The lowest BCUT2D eigenvalue weighted by atomic mass is 10.0. The largest absolute Gasteiger partial charge is 0.480 e. The van der Waals surface area contributed by atoms with Gasteiger partial charge in [-0.2, -0.15) is 0 Å². The topological polar surface area (TPSA) is 84.9 Å². The zero-order valence-corrected chi connectivity index (χ0v) is 18.8. The Hall–Kier alpha value is -1.98. The summed E-state index contributed by atoms with van der Waals surface area (Å²) in [6.45, 7) is 5.99. The Bertz CT molecular complexity index is 765. The standard InChI is InChI=1S/C23H32NO5P/c1-4-22(24-21(23(25)26)15-18(2)3)30(27,28-16-19-11-7-5-8-12-19)29-17-20-13-9-6-10-14-20/h5-14,18,21-22,24H,4,15-17H2,1-3H3,(H,25,26)/t21-,22+/m0/s1. The minimum Gasteiger partial charge on any atom is -0.480 e. The molecular formula is C23H32NO5P. The Morgan fingerprint density at radius 2 is 1.43 bits per heavy atom. The number of carbonyl (C=O) groups is 1. The molecule has 0 aromatic heterocycles. The molecule has 2 aromatic rings. The Morgan fingerprint density at radius 1 is 0.967 bits per heavy atom. The normalized spacial score (nSPS) is 13.9. The molecule has 0 saturated carbocycles. The molecule has 2 aromatic carbocycles. The molecule has 0 spiro atoms. The summed E-state index contributed by atoms with van der Waals surface area (Å²) < 4.78 is 25.5. The van der Waals surface area contributed by atoms with Crippen LogP contribution in [0.4, 0.5) is 0 Å². The highest BCUT2D eigenvalue weighted by Gasteiger charge is 2.38. The SMILES string of the molecule is CC[C@H](N[C@@H](CC(C)C)C(=O)O)P(=O)(OCc1ccccc1)OCc1ccccc1. The van der Waals surface area contributed by atoms with E-state index in [1.807, 2.05) is 81.4 Å². The smallest absolute Gasteiger partial charge is 0.348 e. The Labute approximate surface area is 179 Å². The fourth-order valence-electron chi connectivity index (χ4n) is 3.07. The van der Waals surface area contributed by atoms with Gasteiger partial charge in [-0.15, -0.1) is 0 Å². The summed E-state index contributed by atoms with van der Waals surface area (Å²) in [6, 6.07) is 18.0. The van der Waals surface area contributed by atoms with Crippen molar-refractivity contribution in [2.45, 2.75) is 58.7 Å². The highest BCUT2D eigenvalue weighted by atomic mass is 31.2. The van der Waals surface area contributed by atoms with E-state index in [4.69, 9.17) is 9.05 Å². The average molecular weight is 433 g/mol. The van der Waals surface area contributed by atoms with Crippen molar-refractivity contribution in [2.75, 3.05) is 0 Å². The Balaban J connectivity index is 2.21. The first kappa shape index (κ1) is 24.3. The van der Waals surface area contributed by atoms with Crippen molar-refractivity contribution < 1.29 is 23.5 Å². The number of carboxylic acids is 1. The molecular weight excluding hydrogens is 401 g/mol. The highest BCUT2D eigenvalue weighted by Crippen LogP contribution is 2.54. The molecule has 0 radical (unpaired) electrons. The van der Waals surface area contributed by atoms with Crippen LogP contribution in [0.1, 0.15) is 44.7 Å². The van der Waals surface area contributed by atoms with Crippen molar-refractivity contribution in [1.82, 2.24) is 5.32 Å².